The van der Waals surface area contributed by atoms with Gasteiger partial charge in [0.05, 0.1) is 12.1 Å². The molecule has 1 aliphatic carbocycles. The highest BCUT2D eigenvalue weighted by Gasteiger charge is 2.22. The van der Waals surface area contributed by atoms with E-state index in [0.29, 0.717) is 30.0 Å². The van der Waals surface area contributed by atoms with Gasteiger partial charge in [0, 0.05) is 12.7 Å². The summed E-state index contributed by atoms with van der Waals surface area (Å²) < 4.78 is 5.30. The molecule has 2 unspecified atom stereocenters. The highest BCUT2D eigenvalue weighted by atomic mass is 35.5. The van der Waals surface area contributed by atoms with E-state index < -0.39 is 0 Å². The van der Waals surface area contributed by atoms with Crippen molar-refractivity contribution >= 4 is 17.4 Å². The Kier molecular flexibility index (Phi) is 6.01. The number of hydrogen-bond acceptors (Lipinski definition) is 5. The third-order valence-corrected chi connectivity index (χ3v) is 3.68. The third kappa shape index (κ3) is 4.58. The number of hydrogen-bond donors (Lipinski definition) is 2. The molecule has 0 radical (unpaired) electrons. The number of halogens is 1. The first-order valence-corrected chi connectivity index (χ1v) is 7.62. The van der Waals surface area contributed by atoms with Crippen molar-refractivity contribution in [2.45, 2.75) is 57.8 Å². The summed E-state index contributed by atoms with van der Waals surface area (Å²) in [5.41, 5.74) is 0. The third-order valence-electron chi connectivity index (χ3n) is 3.49. The number of ether oxygens (including phenoxy) is 1. The normalized spacial score (nSPS) is 23.4. The molecule has 0 aliphatic heterocycles. The Morgan fingerprint density at radius 1 is 1.35 bits per heavy atom. The molecule has 1 heterocycles. The number of rotatable bonds is 5. The Morgan fingerprint density at radius 3 is 2.95 bits per heavy atom. The molecule has 1 aliphatic rings. The topological polar surface area (TPSA) is 67.3 Å². The van der Waals surface area contributed by atoms with Gasteiger partial charge in [0.2, 0.25) is 0 Å². The van der Waals surface area contributed by atoms with Gasteiger partial charge in [0.25, 0.3) is 0 Å². The molecular weight excluding hydrogens is 278 g/mol. The summed E-state index contributed by atoms with van der Waals surface area (Å²) in [5.74, 6) is 1.22. The maximum Gasteiger partial charge on any atom is 0.158 e. The number of aromatic nitrogens is 2. The smallest absolute Gasteiger partial charge is 0.158 e. The van der Waals surface area contributed by atoms with E-state index in [1.807, 2.05) is 6.92 Å². The molecule has 20 heavy (non-hydrogen) atoms. The summed E-state index contributed by atoms with van der Waals surface area (Å²) in [6.45, 7) is 2.88. The van der Waals surface area contributed by atoms with Gasteiger partial charge in [-0.25, -0.2) is 9.97 Å². The van der Waals surface area contributed by atoms with Gasteiger partial charge >= 0.3 is 0 Å². The lowest BCUT2D eigenvalue weighted by Crippen LogP contribution is -2.32. The van der Waals surface area contributed by atoms with Gasteiger partial charge in [0.15, 0.2) is 5.82 Å². The Balaban J connectivity index is 2.05. The first kappa shape index (κ1) is 15.5. The van der Waals surface area contributed by atoms with Crippen LogP contribution < -0.4 is 5.32 Å². The second-order valence-electron chi connectivity index (χ2n) is 5.09. The van der Waals surface area contributed by atoms with Crippen LogP contribution in [0.4, 0.5) is 5.82 Å². The minimum atomic E-state index is -0.332. The zero-order chi connectivity index (χ0) is 14.4. The average molecular weight is 300 g/mol. The van der Waals surface area contributed by atoms with Crippen LogP contribution in [-0.2, 0) is 11.3 Å². The Morgan fingerprint density at radius 2 is 2.15 bits per heavy atom. The maximum atomic E-state index is 10.1. The molecular formula is C14H22ClN3O2. The fraction of sp³-hybridized carbons (Fsp3) is 0.714. The number of nitrogens with one attached hydrogen (secondary N) is 1. The van der Waals surface area contributed by atoms with Gasteiger partial charge in [-0.1, -0.05) is 30.9 Å². The van der Waals surface area contributed by atoms with Crippen molar-refractivity contribution in [3.8, 4) is 0 Å². The first-order valence-electron chi connectivity index (χ1n) is 7.25. The molecule has 0 bridgehead atoms. The molecule has 2 N–H and O–H groups in total. The van der Waals surface area contributed by atoms with Crippen LogP contribution >= 0.6 is 11.6 Å². The molecule has 5 nitrogen and oxygen atoms in total. The van der Waals surface area contributed by atoms with Gasteiger partial charge < -0.3 is 15.2 Å². The van der Waals surface area contributed by atoms with E-state index in [9.17, 15) is 5.11 Å². The van der Waals surface area contributed by atoms with Crippen LogP contribution in [-0.4, -0.2) is 33.8 Å². The standard InChI is InChI=1S/C14H22ClN3O2/c1-2-20-9-14-17-12(15)8-13(18-14)16-10-6-4-3-5-7-11(10)19/h8,10-11,19H,2-7,9H2,1H3,(H,16,17,18). The lowest BCUT2D eigenvalue weighted by atomic mass is 10.1. The lowest BCUT2D eigenvalue weighted by molar-refractivity contribution is 0.128. The molecule has 2 atom stereocenters. The van der Waals surface area contributed by atoms with Crippen LogP contribution in [0.15, 0.2) is 6.07 Å². The van der Waals surface area contributed by atoms with Crippen LogP contribution in [0.1, 0.15) is 44.9 Å². The van der Waals surface area contributed by atoms with E-state index >= 15 is 0 Å². The highest BCUT2D eigenvalue weighted by Crippen LogP contribution is 2.22. The predicted molar refractivity (Wildman–Crippen MR) is 78.9 cm³/mol. The van der Waals surface area contributed by atoms with Gasteiger partial charge in [0.1, 0.15) is 17.6 Å². The van der Waals surface area contributed by atoms with Crippen LogP contribution in [0.2, 0.25) is 5.15 Å². The molecule has 0 aromatic carbocycles. The van der Waals surface area contributed by atoms with Crippen molar-refractivity contribution in [2.75, 3.05) is 11.9 Å². The molecule has 0 amide bonds. The van der Waals surface area contributed by atoms with Gasteiger partial charge in [-0.2, -0.15) is 0 Å². The molecule has 6 heteroatoms. The Hall–Kier alpha value is -0.910. The Labute approximate surface area is 124 Å². The minimum absolute atomic E-state index is 0.0309. The zero-order valence-corrected chi connectivity index (χ0v) is 12.6. The van der Waals surface area contributed by atoms with Crippen molar-refractivity contribution in [3.63, 3.8) is 0 Å². The quantitative estimate of drug-likeness (QED) is 0.646. The fourth-order valence-corrected chi connectivity index (χ4v) is 2.64. The molecule has 0 spiro atoms. The molecule has 2 rings (SSSR count). The van der Waals surface area contributed by atoms with Crippen molar-refractivity contribution in [1.29, 1.82) is 0 Å². The number of nitrogens with zero attached hydrogens (tertiary/aromatic N) is 2. The summed E-state index contributed by atoms with van der Waals surface area (Å²) in [5, 5.41) is 13.8. The average Bonchev–Trinajstić information content (AvgIpc) is 2.61. The summed E-state index contributed by atoms with van der Waals surface area (Å²) >= 11 is 6.01. The van der Waals surface area contributed by atoms with E-state index in [1.165, 1.54) is 6.42 Å². The van der Waals surface area contributed by atoms with Crippen molar-refractivity contribution in [3.05, 3.63) is 17.0 Å². The molecule has 1 saturated carbocycles. The van der Waals surface area contributed by atoms with E-state index in [2.05, 4.69) is 15.3 Å². The second-order valence-corrected chi connectivity index (χ2v) is 5.47. The molecule has 0 saturated heterocycles. The maximum absolute atomic E-state index is 10.1. The fourth-order valence-electron chi connectivity index (χ4n) is 2.44. The van der Waals surface area contributed by atoms with Gasteiger partial charge in [-0.3, -0.25) is 0 Å². The number of aliphatic hydroxyl groups is 1. The number of aliphatic hydroxyl groups excluding tert-OH is 1. The van der Waals surface area contributed by atoms with Gasteiger partial charge in [-0.15, -0.1) is 0 Å². The minimum Gasteiger partial charge on any atom is -0.391 e. The van der Waals surface area contributed by atoms with Crippen LogP contribution in [0.25, 0.3) is 0 Å². The SMILES string of the molecule is CCOCc1nc(Cl)cc(NC2CCCCCC2O)n1. The van der Waals surface area contributed by atoms with Crippen molar-refractivity contribution < 1.29 is 9.84 Å². The van der Waals surface area contributed by atoms with Gasteiger partial charge in [-0.05, 0) is 19.8 Å². The van der Waals surface area contributed by atoms with Crippen LogP contribution in [0, 0.1) is 0 Å². The number of anilines is 1. The summed E-state index contributed by atoms with van der Waals surface area (Å²) in [7, 11) is 0. The van der Waals surface area contributed by atoms with Crippen LogP contribution in [0.5, 0.6) is 0 Å². The predicted octanol–water partition coefficient (Wildman–Crippen LogP) is 2.77. The van der Waals surface area contributed by atoms with E-state index in [4.69, 9.17) is 16.3 Å². The largest absolute Gasteiger partial charge is 0.391 e. The zero-order valence-electron chi connectivity index (χ0n) is 11.8. The molecule has 1 aromatic rings. The van der Waals surface area contributed by atoms with E-state index in [0.717, 1.165) is 25.7 Å². The first-order chi connectivity index (χ1) is 9.69. The van der Waals surface area contributed by atoms with Crippen molar-refractivity contribution in [1.82, 2.24) is 9.97 Å². The summed E-state index contributed by atoms with van der Waals surface area (Å²) in [6.07, 6.45) is 4.83. The second kappa shape index (κ2) is 7.76. The van der Waals surface area contributed by atoms with Crippen LogP contribution in [0.3, 0.4) is 0 Å². The molecule has 1 aromatic heterocycles. The summed E-state index contributed by atoms with van der Waals surface area (Å²) in [4.78, 5) is 8.52. The monoisotopic (exact) mass is 299 g/mol. The highest BCUT2D eigenvalue weighted by molar-refractivity contribution is 6.29. The summed E-state index contributed by atoms with van der Waals surface area (Å²) in [6, 6.07) is 1.72. The van der Waals surface area contributed by atoms with Crippen molar-refractivity contribution in [2.24, 2.45) is 0 Å². The van der Waals surface area contributed by atoms with E-state index in [-0.39, 0.29) is 12.1 Å². The molecule has 112 valence electrons. The Bertz CT molecular complexity index is 431. The molecule has 1 fully saturated rings. The van der Waals surface area contributed by atoms with E-state index in [1.54, 1.807) is 6.07 Å². The lowest BCUT2D eigenvalue weighted by Gasteiger charge is -2.22.